The Morgan fingerprint density at radius 3 is 1.50 bits per heavy atom. The van der Waals surface area contributed by atoms with Crippen molar-refractivity contribution in [3.63, 3.8) is 0 Å². The molecule has 0 amide bonds. The Morgan fingerprint density at radius 1 is 0.833 bits per heavy atom. The van der Waals surface area contributed by atoms with Crippen LogP contribution in [0.5, 0.6) is 11.5 Å². The highest BCUT2D eigenvalue weighted by Crippen LogP contribution is 2.31. The number of alkyl halides is 6. The van der Waals surface area contributed by atoms with Gasteiger partial charge in [-0.3, -0.25) is 0 Å². The van der Waals surface area contributed by atoms with Gasteiger partial charge in [0.05, 0.1) is 0 Å². The van der Waals surface area contributed by atoms with E-state index in [-0.39, 0.29) is 5.56 Å². The molecule has 3 nitrogen and oxygen atoms in total. The fraction of sp³-hybridized carbons (Fsp3) is 0.222. The first kappa shape index (κ1) is 14.4. The van der Waals surface area contributed by atoms with Gasteiger partial charge in [-0.1, -0.05) is 0 Å². The molecule has 0 spiro atoms. The number of hydrogen-bond acceptors (Lipinski definition) is 3. The summed E-state index contributed by atoms with van der Waals surface area (Å²) in [7, 11) is 0. The normalized spacial score (nSPS) is 12.4. The van der Waals surface area contributed by atoms with Crippen molar-refractivity contribution < 1.29 is 40.9 Å². The van der Waals surface area contributed by atoms with Crippen LogP contribution in [0.3, 0.4) is 0 Å². The van der Waals surface area contributed by atoms with Crippen LogP contribution in [0.1, 0.15) is 5.56 Å². The first-order valence-corrected chi connectivity index (χ1v) is 4.23. The van der Waals surface area contributed by atoms with Crippen molar-refractivity contribution in [3.8, 4) is 11.5 Å². The third-order valence-corrected chi connectivity index (χ3v) is 1.52. The van der Waals surface area contributed by atoms with Gasteiger partial charge in [-0.25, -0.2) is 0 Å². The third kappa shape index (κ3) is 5.13. The van der Waals surface area contributed by atoms with E-state index in [1.807, 2.05) is 0 Å². The largest absolute Gasteiger partial charge is 0.573 e. The van der Waals surface area contributed by atoms with Crippen LogP contribution in [0.25, 0.3) is 0 Å². The van der Waals surface area contributed by atoms with Crippen LogP contribution in [0, 0.1) is 6.61 Å². The Morgan fingerprint density at radius 2 is 1.22 bits per heavy atom. The van der Waals surface area contributed by atoms with Gasteiger partial charge in [-0.2, -0.15) is 0 Å². The lowest BCUT2D eigenvalue weighted by atomic mass is 10.2. The highest BCUT2D eigenvalue weighted by Gasteiger charge is 2.33. The quantitative estimate of drug-likeness (QED) is 0.859. The van der Waals surface area contributed by atoms with Gasteiger partial charge in [0.15, 0.2) is 0 Å². The number of hydrogen-bond donors (Lipinski definition) is 1. The lowest BCUT2D eigenvalue weighted by Crippen LogP contribution is -2.19. The van der Waals surface area contributed by atoms with Crippen molar-refractivity contribution in [2.24, 2.45) is 0 Å². The molecule has 1 radical (unpaired) electrons. The summed E-state index contributed by atoms with van der Waals surface area (Å²) in [6.07, 6.45) is -10.1. The molecule has 0 bridgehead atoms. The summed E-state index contributed by atoms with van der Waals surface area (Å²) >= 11 is 0. The Kier molecular flexibility index (Phi) is 3.95. The predicted octanol–water partition coefficient (Wildman–Crippen LogP) is 3.37. The lowest BCUT2D eigenvalue weighted by molar-refractivity contribution is -0.276. The summed E-state index contributed by atoms with van der Waals surface area (Å²) in [6.45, 7) is 0.312. The molecular formula is C9H5F6O3. The fourth-order valence-corrected chi connectivity index (χ4v) is 1.05. The second-order valence-corrected chi connectivity index (χ2v) is 2.96. The molecule has 0 fully saturated rings. The summed E-state index contributed by atoms with van der Waals surface area (Å²) in [4.78, 5) is 0. The molecule has 1 aromatic rings. The maximum atomic E-state index is 11.9. The van der Waals surface area contributed by atoms with Crippen LogP contribution >= 0.6 is 0 Å². The van der Waals surface area contributed by atoms with Crippen molar-refractivity contribution in [1.82, 2.24) is 0 Å². The molecule has 0 aliphatic rings. The van der Waals surface area contributed by atoms with E-state index < -0.39 is 24.2 Å². The van der Waals surface area contributed by atoms with E-state index in [4.69, 9.17) is 5.11 Å². The number of aliphatic hydroxyl groups excluding tert-OH is 1. The van der Waals surface area contributed by atoms with Crippen molar-refractivity contribution in [2.75, 3.05) is 0 Å². The number of aliphatic hydroxyl groups is 1. The molecule has 1 N–H and O–H groups in total. The number of ether oxygens (including phenoxy) is 2. The van der Waals surface area contributed by atoms with Gasteiger partial charge in [0, 0.05) is 6.07 Å². The van der Waals surface area contributed by atoms with E-state index in [0.29, 0.717) is 24.8 Å². The first-order chi connectivity index (χ1) is 8.09. The van der Waals surface area contributed by atoms with Gasteiger partial charge in [0.1, 0.15) is 18.1 Å². The summed E-state index contributed by atoms with van der Waals surface area (Å²) in [5.74, 6) is -1.88. The lowest BCUT2D eigenvalue weighted by Gasteiger charge is -2.13. The first-order valence-electron chi connectivity index (χ1n) is 4.23. The average Bonchev–Trinajstić information content (AvgIpc) is 2.11. The molecule has 9 heteroatoms. The molecule has 0 saturated heterocycles. The van der Waals surface area contributed by atoms with Crippen LogP contribution < -0.4 is 9.47 Å². The van der Waals surface area contributed by atoms with Gasteiger partial charge >= 0.3 is 12.7 Å². The van der Waals surface area contributed by atoms with E-state index in [1.165, 1.54) is 0 Å². The van der Waals surface area contributed by atoms with E-state index in [1.54, 1.807) is 0 Å². The highest BCUT2D eigenvalue weighted by atomic mass is 19.4. The molecule has 1 rings (SSSR count). The molecule has 0 aliphatic heterocycles. The summed E-state index contributed by atoms with van der Waals surface area (Å²) in [5.41, 5.74) is -0.337. The van der Waals surface area contributed by atoms with Crippen molar-refractivity contribution in [1.29, 1.82) is 0 Å². The van der Waals surface area contributed by atoms with Gasteiger partial charge in [0.2, 0.25) is 0 Å². The second-order valence-electron chi connectivity index (χ2n) is 2.96. The van der Waals surface area contributed by atoms with Gasteiger partial charge in [0.25, 0.3) is 0 Å². The maximum absolute atomic E-state index is 11.9. The Labute approximate surface area is 96.5 Å². The van der Waals surface area contributed by atoms with Crippen molar-refractivity contribution >= 4 is 0 Å². The second kappa shape index (κ2) is 4.92. The number of rotatable bonds is 3. The SMILES string of the molecule is O[CH]c1cc(OC(F)(F)F)cc(OC(F)(F)F)c1. The standard InChI is InChI=1S/C9H5F6O3/c10-8(11,12)17-6-1-5(4-16)2-7(3-6)18-9(13,14)15/h1-4,16H. The zero-order valence-corrected chi connectivity index (χ0v) is 8.34. The monoisotopic (exact) mass is 275 g/mol. The van der Waals surface area contributed by atoms with E-state index in [9.17, 15) is 26.3 Å². The van der Waals surface area contributed by atoms with Gasteiger partial charge in [-0.15, -0.1) is 26.3 Å². The molecule has 0 atom stereocenters. The molecule has 0 aromatic heterocycles. The molecule has 0 heterocycles. The van der Waals surface area contributed by atoms with Crippen LogP contribution in [0.4, 0.5) is 26.3 Å². The van der Waals surface area contributed by atoms with Crippen molar-refractivity contribution in [3.05, 3.63) is 30.4 Å². The molecular weight excluding hydrogens is 270 g/mol. The van der Waals surface area contributed by atoms with Crippen molar-refractivity contribution in [2.45, 2.75) is 12.7 Å². The van der Waals surface area contributed by atoms with Crippen LogP contribution in [-0.2, 0) is 0 Å². The maximum Gasteiger partial charge on any atom is 0.573 e. The molecule has 1 aromatic carbocycles. The Balaban J connectivity index is 3.02. The van der Waals surface area contributed by atoms with Crippen LogP contribution in [-0.4, -0.2) is 17.8 Å². The van der Waals surface area contributed by atoms with E-state index >= 15 is 0 Å². The van der Waals surface area contributed by atoms with Crippen LogP contribution in [0.2, 0.25) is 0 Å². The zero-order valence-electron chi connectivity index (χ0n) is 8.34. The topological polar surface area (TPSA) is 38.7 Å². The number of benzene rings is 1. The average molecular weight is 275 g/mol. The van der Waals surface area contributed by atoms with Gasteiger partial charge < -0.3 is 14.6 Å². The Bertz CT molecular complexity index is 377. The minimum Gasteiger partial charge on any atom is -0.406 e. The van der Waals surface area contributed by atoms with E-state index in [0.717, 1.165) is 0 Å². The summed E-state index contributed by atoms with van der Waals surface area (Å²) in [6, 6.07) is 1.78. The minimum absolute atomic E-state index is 0.312. The Hall–Kier alpha value is -1.64. The van der Waals surface area contributed by atoms with E-state index in [2.05, 4.69) is 9.47 Å². The van der Waals surface area contributed by atoms with Gasteiger partial charge in [-0.05, 0) is 17.7 Å². The smallest absolute Gasteiger partial charge is 0.406 e. The minimum atomic E-state index is -5.07. The highest BCUT2D eigenvalue weighted by molar-refractivity contribution is 5.40. The molecule has 0 unspecified atom stereocenters. The molecule has 0 saturated carbocycles. The fourth-order valence-electron chi connectivity index (χ4n) is 1.05. The summed E-state index contributed by atoms with van der Waals surface area (Å²) in [5, 5.41) is 8.58. The zero-order chi connectivity index (χ0) is 14.0. The van der Waals surface area contributed by atoms with Crippen LogP contribution in [0.15, 0.2) is 18.2 Å². The molecule has 0 aliphatic carbocycles. The number of halogens is 6. The third-order valence-electron chi connectivity index (χ3n) is 1.52. The molecule has 18 heavy (non-hydrogen) atoms. The summed E-state index contributed by atoms with van der Waals surface area (Å²) < 4.78 is 78.2. The predicted molar refractivity (Wildman–Crippen MR) is 45.1 cm³/mol. The molecule has 101 valence electrons.